The molecule has 1 N–H and O–H groups in total. The summed E-state index contributed by atoms with van der Waals surface area (Å²) in [6.07, 6.45) is -0.746. The number of benzene rings is 1. The van der Waals surface area contributed by atoms with Crippen LogP contribution in [0.4, 0.5) is 9.05 Å². The number of halogens is 2. The monoisotopic (exact) mass is 266 g/mol. The van der Waals surface area contributed by atoms with Crippen molar-refractivity contribution in [2.75, 3.05) is 0 Å². The Bertz CT molecular complexity index is 426. The molecule has 0 bridgehead atoms. The molecule has 8 heteroatoms. The number of rotatable bonds is 6. The van der Waals surface area contributed by atoms with Gasteiger partial charge in [-0.1, -0.05) is 24.3 Å². The molecule has 0 aromatic heterocycles. The predicted octanol–water partition coefficient (Wildman–Crippen LogP) is 2.81. The van der Waals surface area contributed by atoms with E-state index in [1.807, 2.05) is 0 Å². The first-order chi connectivity index (χ1) is 7.99. The molecule has 0 aliphatic carbocycles. The van der Waals surface area contributed by atoms with Crippen molar-refractivity contribution in [1.82, 2.24) is 0 Å². The number of hydrogen-bond donors (Lipinski definition) is 1. The van der Waals surface area contributed by atoms with E-state index in [0.717, 1.165) is 0 Å². The van der Waals surface area contributed by atoms with E-state index < -0.39 is 19.7 Å². The van der Waals surface area contributed by atoms with E-state index >= 15 is 0 Å². The van der Waals surface area contributed by atoms with Gasteiger partial charge in [-0.15, -0.1) is 9.46 Å². The first kappa shape index (κ1) is 13.8. The number of carboxylic acid groups (broad SMARTS) is 1. The maximum absolute atomic E-state index is 11.8. The van der Waals surface area contributed by atoms with Crippen LogP contribution in [0.25, 0.3) is 0 Å². The van der Waals surface area contributed by atoms with Crippen molar-refractivity contribution >= 4 is 13.6 Å². The number of carbonyl (C=O) groups is 1. The highest BCUT2D eigenvalue weighted by molar-refractivity contribution is 7.52. The maximum atomic E-state index is 11.8. The Morgan fingerprint density at radius 1 is 1.18 bits per heavy atom. The van der Waals surface area contributed by atoms with Gasteiger partial charge in [0.05, 0.1) is 12.6 Å². The van der Waals surface area contributed by atoms with Crippen LogP contribution in [0, 0.1) is 0 Å². The molecule has 0 aliphatic heterocycles. The molecule has 17 heavy (non-hydrogen) atoms. The average molecular weight is 266 g/mol. The summed E-state index contributed by atoms with van der Waals surface area (Å²) in [6, 6.07) is 5.68. The second kappa shape index (κ2) is 5.86. The molecule has 0 unspecified atom stereocenters. The number of hydrogen-bond acceptors (Lipinski definition) is 4. The largest absolute Gasteiger partial charge is 0.481 e. The second-order valence-electron chi connectivity index (χ2n) is 3.29. The molecule has 0 saturated carbocycles. The summed E-state index contributed by atoms with van der Waals surface area (Å²) in [5.74, 6) is -0.998. The van der Waals surface area contributed by atoms with Gasteiger partial charge in [0.25, 0.3) is 0 Å². The molecule has 1 aromatic carbocycles. The fourth-order valence-corrected chi connectivity index (χ4v) is 2.00. The van der Waals surface area contributed by atoms with E-state index in [2.05, 4.69) is 9.46 Å². The lowest BCUT2D eigenvalue weighted by atomic mass is 10.1. The van der Waals surface area contributed by atoms with Crippen molar-refractivity contribution < 1.29 is 33.0 Å². The SMILES string of the molecule is O=C(O)Cc1ccc(CP(=O)(OF)OF)cc1. The van der Waals surface area contributed by atoms with Crippen LogP contribution in [0.5, 0.6) is 0 Å². The molecule has 0 aliphatic rings. The highest BCUT2D eigenvalue weighted by Gasteiger charge is 2.27. The molecule has 1 rings (SSSR count). The topological polar surface area (TPSA) is 72.8 Å². The van der Waals surface area contributed by atoms with Crippen molar-refractivity contribution in [2.45, 2.75) is 12.6 Å². The highest BCUT2D eigenvalue weighted by Crippen LogP contribution is 2.52. The van der Waals surface area contributed by atoms with Crippen LogP contribution >= 0.6 is 7.60 Å². The zero-order valence-corrected chi connectivity index (χ0v) is 9.40. The highest BCUT2D eigenvalue weighted by atomic mass is 31.2. The Morgan fingerprint density at radius 3 is 2.06 bits per heavy atom. The Morgan fingerprint density at radius 2 is 1.65 bits per heavy atom. The van der Waals surface area contributed by atoms with Gasteiger partial charge in [0.1, 0.15) is 0 Å². The molecule has 0 amide bonds. The van der Waals surface area contributed by atoms with Gasteiger partial charge in [-0.2, -0.15) is 0 Å². The van der Waals surface area contributed by atoms with Gasteiger partial charge in [-0.3, -0.25) is 9.36 Å². The molecule has 5 nitrogen and oxygen atoms in total. The van der Waals surface area contributed by atoms with Gasteiger partial charge in [0, 0.05) is 0 Å². The second-order valence-corrected chi connectivity index (χ2v) is 5.11. The molecular weight excluding hydrogens is 257 g/mol. The van der Waals surface area contributed by atoms with E-state index in [9.17, 15) is 18.4 Å². The Labute approximate surface area is 95.3 Å². The van der Waals surface area contributed by atoms with Crippen molar-refractivity contribution in [3.05, 3.63) is 35.4 Å². The van der Waals surface area contributed by atoms with Gasteiger partial charge >= 0.3 is 13.6 Å². The quantitative estimate of drug-likeness (QED) is 0.801. The molecular formula is C9H9F2O5P. The number of aliphatic carboxylic acids is 1. The van der Waals surface area contributed by atoms with Gasteiger partial charge in [0.2, 0.25) is 0 Å². The van der Waals surface area contributed by atoms with Crippen molar-refractivity contribution in [1.29, 1.82) is 0 Å². The summed E-state index contributed by atoms with van der Waals surface area (Å²) in [7, 11) is -4.40. The third-order valence-corrected chi connectivity index (χ3v) is 3.14. The van der Waals surface area contributed by atoms with Crippen molar-refractivity contribution in [3.63, 3.8) is 0 Å². The van der Waals surface area contributed by atoms with Gasteiger partial charge in [0.15, 0.2) is 0 Å². The Hall–Kier alpha value is -1.30. The third kappa shape index (κ3) is 4.22. The fraction of sp³-hybridized carbons (Fsp3) is 0.222. The summed E-state index contributed by atoms with van der Waals surface area (Å²) in [5.41, 5.74) is 0.816. The first-order valence-corrected chi connectivity index (χ1v) is 6.21. The van der Waals surface area contributed by atoms with Crippen molar-refractivity contribution in [2.24, 2.45) is 0 Å². The van der Waals surface area contributed by atoms with Crippen LogP contribution in [-0.2, 0) is 31.4 Å². The Kier molecular flexibility index (Phi) is 4.74. The van der Waals surface area contributed by atoms with Gasteiger partial charge in [-0.05, 0) is 20.2 Å². The molecule has 0 atom stereocenters. The lowest BCUT2D eigenvalue weighted by molar-refractivity contribution is -0.136. The molecule has 0 saturated heterocycles. The predicted molar refractivity (Wildman–Crippen MR) is 53.5 cm³/mol. The van der Waals surface area contributed by atoms with Gasteiger partial charge < -0.3 is 5.11 Å². The maximum Gasteiger partial charge on any atom is 0.399 e. The molecule has 0 spiro atoms. The minimum absolute atomic E-state index is 0.169. The summed E-state index contributed by atoms with van der Waals surface area (Å²) >= 11 is 0. The molecule has 0 heterocycles. The van der Waals surface area contributed by atoms with Crippen LogP contribution in [0.1, 0.15) is 11.1 Å². The third-order valence-electron chi connectivity index (χ3n) is 1.96. The molecule has 0 radical (unpaired) electrons. The van der Waals surface area contributed by atoms with E-state index in [4.69, 9.17) is 5.11 Å². The minimum atomic E-state index is -4.40. The van der Waals surface area contributed by atoms with Crippen molar-refractivity contribution in [3.8, 4) is 0 Å². The van der Waals surface area contributed by atoms with E-state index in [-0.39, 0.29) is 6.42 Å². The summed E-state index contributed by atoms with van der Waals surface area (Å²) in [4.78, 5) is 10.4. The van der Waals surface area contributed by atoms with Crippen LogP contribution in [0.15, 0.2) is 24.3 Å². The van der Waals surface area contributed by atoms with Crippen LogP contribution in [-0.4, -0.2) is 11.1 Å². The van der Waals surface area contributed by atoms with Gasteiger partial charge in [-0.25, -0.2) is 0 Å². The average Bonchev–Trinajstić information content (AvgIpc) is 2.31. The molecule has 0 fully saturated rings. The normalized spacial score (nSPS) is 11.4. The molecule has 94 valence electrons. The smallest absolute Gasteiger partial charge is 0.399 e. The van der Waals surface area contributed by atoms with E-state index in [1.165, 1.54) is 24.3 Å². The minimum Gasteiger partial charge on any atom is -0.481 e. The first-order valence-electron chi connectivity index (χ1n) is 4.48. The Balaban J connectivity index is 2.74. The van der Waals surface area contributed by atoms with Crippen LogP contribution < -0.4 is 0 Å². The zero-order chi connectivity index (χ0) is 12.9. The lowest BCUT2D eigenvalue weighted by Crippen LogP contribution is -2.00. The summed E-state index contributed by atoms with van der Waals surface area (Å²) < 4.78 is 40.5. The lowest BCUT2D eigenvalue weighted by Gasteiger charge is -2.07. The summed E-state index contributed by atoms with van der Waals surface area (Å²) in [5, 5.41) is 8.52. The van der Waals surface area contributed by atoms with Crippen LogP contribution in [0.2, 0.25) is 0 Å². The standard InChI is InChI=1S/C9H9F2O5P/c10-15-17(14,16-11)6-8-3-1-7(2-4-8)5-9(12)13/h1-4H,5-6H2,(H,12,13). The fourth-order valence-electron chi connectivity index (χ4n) is 1.22. The number of carboxylic acids is 1. The zero-order valence-electron chi connectivity index (χ0n) is 8.51. The van der Waals surface area contributed by atoms with E-state index in [1.54, 1.807) is 0 Å². The summed E-state index contributed by atoms with van der Waals surface area (Å²) in [6.45, 7) is 0. The van der Waals surface area contributed by atoms with Crippen LogP contribution in [0.3, 0.4) is 0 Å². The molecule has 1 aromatic rings. The van der Waals surface area contributed by atoms with E-state index in [0.29, 0.717) is 11.1 Å².